The molecule has 0 saturated carbocycles. The number of carbonyl (C=O) groups excluding carboxylic acids is 2. The van der Waals surface area contributed by atoms with E-state index < -0.39 is 0 Å². The van der Waals surface area contributed by atoms with E-state index in [0.29, 0.717) is 38.4 Å². The quantitative estimate of drug-likeness (QED) is 0.324. The molecule has 0 saturated heterocycles. The van der Waals surface area contributed by atoms with Crippen LogP contribution in [0.4, 0.5) is 11.5 Å². The molecule has 0 unspecified atom stereocenters. The Morgan fingerprint density at radius 2 is 1.56 bits per heavy atom. The summed E-state index contributed by atoms with van der Waals surface area (Å²) in [4.78, 5) is 25.3. The summed E-state index contributed by atoms with van der Waals surface area (Å²) in [7, 11) is 1.74. The van der Waals surface area contributed by atoms with Crippen LogP contribution in [-0.2, 0) is 13.5 Å². The van der Waals surface area contributed by atoms with E-state index in [4.69, 9.17) is 23.2 Å². The number of rotatable bonds is 6. The Morgan fingerprint density at radius 3 is 2.26 bits per heavy atom. The van der Waals surface area contributed by atoms with Crippen LogP contribution in [-0.4, -0.2) is 21.6 Å². The van der Waals surface area contributed by atoms with Crippen LogP contribution in [0.25, 0.3) is 11.3 Å². The van der Waals surface area contributed by atoms with Gasteiger partial charge in [-0.15, -0.1) is 0 Å². The maximum atomic E-state index is 12.7. The van der Waals surface area contributed by atoms with Crippen LogP contribution in [0.5, 0.6) is 0 Å². The molecule has 8 heteroatoms. The van der Waals surface area contributed by atoms with Crippen molar-refractivity contribution in [1.29, 1.82) is 0 Å². The summed E-state index contributed by atoms with van der Waals surface area (Å²) in [5.74, 6) is -0.0535. The van der Waals surface area contributed by atoms with Gasteiger partial charge in [0, 0.05) is 24.4 Å². The second-order valence-corrected chi connectivity index (χ2v) is 8.42. The Morgan fingerprint density at radius 1 is 0.882 bits per heavy atom. The van der Waals surface area contributed by atoms with Gasteiger partial charge in [0.25, 0.3) is 11.8 Å². The van der Waals surface area contributed by atoms with Gasteiger partial charge in [-0.1, -0.05) is 66.5 Å². The molecule has 34 heavy (non-hydrogen) atoms. The van der Waals surface area contributed by atoms with Crippen molar-refractivity contribution in [2.75, 3.05) is 10.6 Å². The summed E-state index contributed by atoms with van der Waals surface area (Å²) in [6, 6.07) is 21.3. The Hall–Kier alpha value is -3.61. The minimum absolute atomic E-state index is 0.268. The Kier molecular flexibility index (Phi) is 7.01. The number of nitrogens with zero attached hydrogens (tertiary/aromatic N) is 2. The summed E-state index contributed by atoms with van der Waals surface area (Å²) >= 11 is 12.5. The first-order chi connectivity index (χ1) is 16.4. The Balaban J connectivity index is 1.48. The predicted molar refractivity (Wildman–Crippen MR) is 137 cm³/mol. The predicted octanol–water partition coefficient (Wildman–Crippen LogP) is 6.46. The molecule has 6 nitrogen and oxygen atoms in total. The number of aromatic nitrogens is 2. The molecule has 0 spiro atoms. The SMILES string of the molecule is CCc1cccc(C(=O)Nc2ccc(-c3cc(NC(=O)c4ccccc4Cl)n(C)n3)cc2)c1Cl. The highest BCUT2D eigenvalue weighted by atomic mass is 35.5. The summed E-state index contributed by atoms with van der Waals surface area (Å²) in [6.07, 6.45) is 0.750. The smallest absolute Gasteiger partial charge is 0.258 e. The summed E-state index contributed by atoms with van der Waals surface area (Å²) in [6.45, 7) is 1.99. The summed E-state index contributed by atoms with van der Waals surface area (Å²) in [5, 5.41) is 11.0. The van der Waals surface area contributed by atoms with Crippen molar-refractivity contribution in [3.05, 3.63) is 99.5 Å². The van der Waals surface area contributed by atoms with E-state index in [0.717, 1.165) is 17.5 Å². The number of amides is 2. The molecule has 2 amide bonds. The van der Waals surface area contributed by atoms with Crippen LogP contribution in [0.3, 0.4) is 0 Å². The highest BCUT2D eigenvalue weighted by molar-refractivity contribution is 6.35. The van der Waals surface area contributed by atoms with E-state index in [-0.39, 0.29) is 11.8 Å². The van der Waals surface area contributed by atoms with E-state index in [1.165, 1.54) is 0 Å². The first kappa shape index (κ1) is 23.5. The lowest BCUT2D eigenvalue weighted by Crippen LogP contribution is -2.14. The first-order valence-corrected chi connectivity index (χ1v) is 11.4. The topological polar surface area (TPSA) is 76.0 Å². The molecule has 0 aliphatic carbocycles. The van der Waals surface area contributed by atoms with Crippen molar-refractivity contribution < 1.29 is 9.59 Å². The van der Waals surface area contributed by atoms with Crippen LogP contribution < -0.4 is 10.6 Å². The number of anilines is 2. The molecule has 4 rings (SSSR count). The second-order valence-electron chi connectivity index (χ2n) is 7.64. The molecule has 1 heterocycles. The maximum Gasteiger partial charge on any atom is 0.258 e. The van der Waals surface area contributed by atoms with Gasteiger partial charge in [-0.25, -0.2) is 0 Å². The first-order valence-electron chi connectivity index (χ1n) is 10.7. The zero-order valence-corrected chi connectivity index (χ0v) is 20.1. The molecule has 1 aromatic heterocycles. The third-order valence-corrected chi connectivity index (χ3v) is 6.16. The van der Waals surface area contributed by atoms with E-state index in [9.17, 15) is 9.59 Å². The van der Waals surface area contributed by atoms with Crippen molar-refractivity contribution >= 4 is 46.5 Å². The molecule has 0 aliphatic rings. The lowest BCUT2D eigenvalue weighted by molar-refractivity contribution is 0.101. The average Bonchev–Trinajstić information content (AvgIpc) is 3.19. The van der Waals surface area contributed by atoms with Crippen molar-refractivity contribution in [2.45, 2.75) is 13.3 Å². The van der Waals surface area contributed by atoms with Crippen molar-refractivity contribution in [3.63, 3.8) is 0 Å². The fourth-order valence-electron chi connectivity index (χ4n) is 3.51. The van der Waals surface area contributed by atoms with Gasteiger partial charge in [-0.05, 0) is 42.3 Å². The molecule has 0 bridgehead atoms. The van der Waals surface area contributed by atoms with Crippen molar-refractivity contribution in [1.82, 2.24) is 9.78 Å². The minimum Gasteiger partial charge on any atom is -0.322 e. The highest BCUT2D eigenvalue weighted by Gasteiger charge is 2.15. The third-order valence-electron chi connectivity index (χ3n) is 5.38. The monoisotopic (exact) mass is 492 g/mol. The molecule has 0 radical (unpaired) electrons. The highest BCUT2D eigenvalue weighted by Crippen LogP contribution is 2.26. The largest absolute Gasteiger partial charge is 0.322 e. The van der Waals surface area contributed by atoms with Crippen LogP contribution in [0, 0.1) is 0 Å². The Labute approximate surface area is 207 Å². The van der Waals surface area contributed by atoms with Gasteiger partial charge >= 0.3 is 0 Å². The van der Waals surface area contributed by atoms with E-state index in [1.54, 1.807) is 60.3 Å². The van der Waals surface area contributed by atoms with E-state index in [2.05, 4.69) is 15.7 Å². The maximum absolute atomic E-state index is 12.7. The third kappa shape index (κ3) is 4.98. The summed E-state index contributed by atoms with van der Waals surface area (Å²) in [5.41, 5.74) is 3.89. The van der Waals surface area contributed by atoms with Crippen molar-refractivity contribution in [2.24, 2.45) is 7.05 Å². The number of aryl methyl sites for hydroxylation is 2. The number of carbonyl (C=O) groups is 2. The van der Waals surface area contributed by atoms with Gasteiger partial charge < -0.3 is 10.6 Å². The molecule has 0 aliphatic heterocycles. The van der Waals surface area contributed by atoms with Gasteiger partial charge in [-0.2, -0.15) is 5.10 Å². The van der Waals surface area contributed by atoms with Crippen LogP contribution in [0.1, 0.15) is 33.2 Å². The number of hydrogen-bond acceptors (Lipinski definition) is 3. The second kappa shape index (κ2) is 10.1. The van der Waals surface area contributed by atoms with Gasteiger partial charge in [0.15, 0.2) is 0 Å². The van der Waals surface area contributed by atoms with Gasteiger partial charge in [-0.3, -0.25) is 14.3 Å². The fourth-order valence-corrected chi connectivity index (χ4v) is 4.07. The minimum atomic E-state index is -0.316. The van der Waals surface area contributed by atoms with Crippen LogP contribution in [0.2, 0.25) is 10.0 Å². The zero-order valence-electron chi connectivity index (χ0n) is 18.6. The Bertz CT molecular complexity index is 1360. The molecular weight excluding hydrogens is 471 g/mol. The molecule has 0 atom stereocenters. The molecule has 4 aromatic rings. The number of benzene rings is 3. The summed E-state index contributed by atoms with van der Waals surface area (Å²) < 4.78 is 1.59. The van der Waals surface area contributed by atoms with Crippen LogP contribution in [0.15, 0.2) is 72.8 Å². The lowest BCUT2D eigenvalue weighted by Gasteiger charge is -2.09. The number of nitrogens with one attached hydrogen (secondary N) is 2. The molecule has 3 aromatic carbocycles. The molecule has 2 N–H and O–H groups in total. The van der Waals surface area contributed by atoms with E-state index >= 15 is 0 Å². The normalized spacial score (nSPS) is 10.7. The fraction of sp³-hybridized carbons (Fsp3) is 0.115. The molecule has 172 valence electrons. The number of halogens is 2. The number of hydrogen-bond donors (Lipinski definition) is 2. The van der Waals surface area contributed by atoms with Gasteiger partial charge in [0.2, 0.25) is 0 Å². The average molecular weight is 493 g/mol. The van der Waals surface area contributed by atoms with Crippen molar-refractivity contribution in [3.8, 4) is 11.3 Å². The lowest BCUT2D eigenvalue weighted by atomic mass is 10.1. The van der Waals surface area contributed by atoms with E-state index in [1.807, 2.05) is 31.2 Å². The van der Waals surface area contributed by atoms with Gasteiger partial charge in [0.05, 0.1) is 26.9 Å². The zero-order chi connectivity index (χ0) is 24.2. The standard InChI is InChI=1S/C26H22Cl2N4O2/c1-3-16-7-6-9-20(24(16)28)26(34)29-18-13-11-17(12-14-18)22-15-23(32(2)31-22)30-25(33)19-8-4-5-10-21(19)27/h4-15H,3H2,1-2H3,(H,29,34)(H,30,33). The molecule has 0 fully saturated rings. The van der Waals surface area contributed by atoms with Crippen LogP contribution >= 0.6 is 23.2 Å². The van der Waals surface area contributed by atoms with Gasteiger partial charge in [0.1, 0.15) is 5.82 Å². The molecular formula is C26H22Cl2N4O2.